The molecule has 0 spiro atoms. The van der Waals surface area contributed by atoms with Gasteiger partial charge in [0.15, 0.2) is 0 Å². The lowest BCUT2D eigenvalue weighted by atomic mass is 10.1. The highest BCUT2D eigenvalue weighted by Crippen LogP contribution is 2.37. The fourth-order valence-corrected chi connectivity index (χ4v) is 5.14. The van der Waals surface area contributed by atoms with Crippen LogP contribution in [0.2, 0.25) is 0 Å². The van der Waals surface area contributed by atoms with Gasteiger partial charge < -0.3 is 20.1 Å². The summed E-state index contributed by atoms with van der Waals surface area (Å²) < 4.78 is 11.8. The summed E-state index contributed by atoms with van der Waals surface area (Å²) in [5.41, 5.74) is 2.51. The smallest absolute Gasteiger partial charge is 0.263 e. The second-order valence-corrected chi connectivity index (χ2v) is 10.3. The van der Waals surface area contributed by atoms with Crippen LogP contribution in [0.15, 0.2) is 102 Å². The quantitative estimate of drug-likeness (QED) is 0.155. The maximum absolute atomic E-state index is 13.4. The Morgan fingerprint density at radius 1 is 0.757 bits per heavy atom. The van der Waals surface area contributed by atoms with E-state index in [0.717, 1.165) is 19.7 Å². The largest absolute Gasteiger partial charge is 0.496 e. The van der Waals surface area contributed by atoms with Gasteiger partial charge >= 0.3 is 0 Å². The molecule has 6 nitrogen and oxygen atoms in total. The topological polar surface area (TPSA) is 76.7 Å². The van der Waals surface area contributed by atoms with E-state index in [0.29, 0.717) is 22.7 Å². The van der Waals surface area contributed by atoms with Crippen LogP contribution in [-0.4, -0.2) is 26.0 Å². The maximum atomic E-state index is 13.4. The average molecular weight is 625 g/mol. The molecule has 37 heavy (non-hydrogen) atoms. The second kappa shape index (κ2) is 12.6. The molecule has 0 fully saturated rings. The Hall–Kier alpha value is -3.50. The van der Waals surface area contributed by atoms with Gasteiger partial charge in [-0.05, 0) is 82.8 Å². The number of methoxy groups -OCH3 is 2. The average Bonchev–Trinajstić information content (AvgIpc) is 2.93. The highest BCUT2D eigenvalue weighted by Gasteiger charge is 2.23. The summed E-state index contributed by atoms with van der Waals surface area (Å²) in [5.74, 6) is 0.343. The third-order valence-corrected chi connectivity index (χ3v) is 7.42. The molecule has 4 aromatic carbocycles. The zero-order valence-electron chi connectivity index (χ0n) is 20.2. The first-order valence-electron chi connectivity index (χ1n) is 11.4. The van der Waals surface area contributed by atoms with Crippen LogP contribution in [0, 0.1) is 3.57 Å². The minimum Gasteiger partial charge on any atom is -0.496 e. The van der Waals surface area contributed by atoms with E-state index in [1.165, 1.54) is 26.0 Å². The van der Waals surface area contributed by atoms with Crippen molar-refractivity contribution in [2.24, 2.45) is 0 Å². The molecule has 0 aromatic heterocycles. The normalized spacial score (nSPS) is 11.3. The number of nitrogens with one attached hydrogen (secondary N) is 2. The van der Waals surface area contributed by atoms with E-state index in [1.807, 2.05) is 72.8 Å². The maximum Gasteiger partial charge on any atom is 0.263 e. The molecule has 0 aliphatic heterocycles. The molecule has 8 heteroatoms. The molecule has 1 unspecified atom stereocenters. The molecular weight excluding hydrogens is 599 g/mol. The van der Waals surface area contributed by atoms with Crippen molar-refractivity contribution in [2.45, 2.75) is 10.1 Å². The molecular formula is C29H25IN2O4S. The predicted molar refractivity (Wildman–Crippen MR) is 157 cm³/mol. The van der Waals surface area contributed by atoms with Crippen LogP contribution in [0.3, 0.4) is 0 Å². The van der Waals surface area contributed by atoms with Gasteiger partial charge in [0.2, 0.25) is 5.91 Å². The van der Waals surface area contributed by atoms with Crippen LogP contribution in [-0.2, 0) is 4.79 Å². The Balaban J connectivity index is 1.56. The van der Waals surface area contributed by atoms with E-state index < -0.39 is 5.25 Å². The number of amides is 2. The van der Waals surface area contributed by atoms with Crippen molar-refractivity contribution in [3.63, 3.8) is 0 Å². The summed E-state index contributed by atoms with van der Waals surface area (Å²) in [5, 5.41) is 5.44. The van der Waals surface area contributed by atoms with Crippen LogP contribution in [0.5, 0.6) is 11.5 Å². The number of hydrogen-bond donors (Lipinski definition) is 2. The van der Waals surface area contributed by atoms with Gasteiger partial charge in [0.25, 0.3) is 5.91 Å². The van der Waals surface area contributed by atoms with Crippen LogP contribution in [0.4, 0.5) is 11.4 Å². The van der Waals surface area contributed by atoms with Gasteiger partial charge in [-0.3, -0.25) is 9.59 Å². The number of thioether (sulfide) groups is 1. The third kappa shape index (κ3) is 6.84. The van der Waals surface area contributed by atoms with Crippen LogP contribution >= 0.6 is 34.4 Å². The summed E-state index contributed by atoms with van der Waals surface area (Å²) in [6.07, 6.45) is 0. The van der Waals surface area contributed by atoms with Gasteiger partial charge in [0, 0.05) is 19.8 Å². The van der Waals surface area contributed by atoms with Crippen molar-refractivity contribution in [3.05, 3.63) is 112 Å². The minimum absolute atomic E-state index is 0.134. The first-order chi connectivity index (χ1) is 18.0. The van der Waals surface area contributed by atoms with Gasteiger partial charge in [0.05, 0.1) is 14.2 Å². The lowest BCUT2D eigenvalue weighted by Crippen LogP contribution is -2.19. The van der Waals surface area contributed by atoms with E-state index in [1.54, 1.807) is 24.3 Å². The van der Waals surface area contributed by atoms with E-state index in [9.17, 15) is 9.59 Å². The molecule has 0 aliphatic rings. The zero-order valence-corrected chi connectivity index (χ0v) is 23.2. The van der Waals surface area contributed by atoms with Gasteiger partial charge in [0.1, 0.15) is 22.3 Å². The fourth-order valence-electron chi connectivity index (χ4n) is 3.69. The van der Waals surface area contributed by atoms with Crippen molar-refractivity contribution < 1.29 is 19.1 Å². The zero-order chi connectivity index (χ0) is 26.2. The second-order valence-electron chi connectivity index (χ2n) is 7.92. The van der Waals surface area contributed by atoms with Crippen molar-refractivity contribution in [1.29, 1.82) is 0 Å². The molecule has 2 amide bonds. The van der Waals surface area contributed by atoms with Crippen LogP contribution in [0.1, 0.15) is 21.2 Å². The Morgan fingerprint density at radius 3 is 2.05 bits per heavy atom. The van der Waals surface area contributed by atoms with Crippen molar-refractivity contribution >= 4 is 57.5 Å². The van der Waals surface area contributed by atoms with Gasteiger partial charge in [-0.15, -0.1) is 11.8 Å². The SMILES string of the molecule is COc1cccc(OC)c1C(=O)Nc1cccc(SC(C(=O)Nc2ccc(I)cc2)c2ccccc2)c1. The number of anilines is 2. The van der Waals surface area contributed by atoms with Crippen LogP contribution in [0.25, 0.3) is 0 Å². The van der Waals surface area contributed by atoms with Crippen LogP contribution < -0.4 is 20.1 Å². The predicted octanol–water partition coefficient (Wildman–Crippen LogP) is 7.03. The lowest BCUT2D eigenvalue weighted by Gasteiger charge is -2.18. The van der Waals surface area contributed by atoms with Gasteiger partial charge in [-0.25, -0.2) is 0 Å². The Kier molecular flexibility index (Phi) is 9.08. The van der Waals surface area contributed by atoms with E-state index in [-0.39, 0.29) is 11.8 Å². The van der Waals surface area contributed by atoms with E-state index >= 15 is 0 Å². The number of halogens is 1. The molecule has 2 N–H and O–H groups in total. The Morgan fingerprint density at radius 2 is 1.41 bits per heavy atom. The number of ether oxygens (including phenoxy) is 2. The molecule has 1 atom stereocenters. The first-order valence-corrected chi connectivity index (χ1v) is 13.3. The highest BCUT2D eigenvalue weighted by molar-refractivity contribution is 14.1. The van der Waals surface area contributed by atoms with Crippen molar-refractivity contribution in [2.75, 3.05) is 24.9 Å². The Bertz CT molecular complexity index is 1360. The number of carbonyl (C=O) groups is 2. The number of rotatable bonds is 9. The molecule has 0 aliphatic carbocycles. The highest BCUT2D eigenvalue weighted by atomic mass is 127. The van der Waals surface area contributed by atoms with E-state index in [4.69, 9.17) is 9.47 Å². The molecule has 0 saturated heterocycles. The summed E-state index contributed by atoms with van der Waals surface area (Å²) in [4.78, 5) is 27.3. The standard InChI is InChI=1S/C29H25IN2O4S/c1-35-24-12-7-13-25(36-2)26(24)28(33)32-22-10-6-11-23(18-22)37-27(19-8-4-3-5-9-19)29(34)31-21-16-14-20(30)15-17-21/h3-18,27H,1-2H3,(H,31,34)(H,32,33). The minimum atomic E-state index is -0.499. The van der Waals surface area contributed by atoms with Gasteiger partial charge in [-0.2, -0.15) is 0 Å². The summed E-state index contributed by atoms with van der Waals surface area (Å²) in [6.45, 7) is 0. The number of carbonyl (C=O) groups excluding carboxylic acids is 2. The summed E-state index contributed by atoms with van der Waals surface area (Å²) >= 11 is 3.64. The molecule has 4 rings (SSSR count). The fraction of sp³-hybridized carbons (Fsp3) is 0.103. The molecule has 0 heterocycles. The first kappa shape index (κ1) is 26.6. The monoisotopic (exact) mass is 624 g/mol. The van der Waals surface area contributed by atoms with E-state index in [2.05, 4.69) is 33.2 Å². The molecule has 0 radical (unpaired) electrons. The summed E-state index contributed by atoms with van der Waals surface area (Å²) in [6, 6.07) is 29.9. The number of hydrogen-bond acceptors (Lipinski definition) is 5. The van der Waals surface area contributed by atoms with Gasteiger partial charge in [-0.1, -0.05) is 42.5 Å². The summed E-state index contributed by atoms with van der Waals surface area (Å²) in [7, 11) is 3.02. The lowest BCUT2D eigenvalue weighted by molar-refractivity contribution is -0.115. The Labute approximate surface area is 233 Å². The molecule has 0 saturated carbocycles. The molecule has 188 valence electrons. The molecule has 0 bridgehead atoms. The van der Waals surface area contributed by atoms with Crippen molar-refractivity contribution in [1.82, 2.24) is 0 Å². The number of benzene rings is 4. The van der Waals surface area contributed by atoms with Crippen molar-refractivity contribution in [3.8, 4) is 11.5 Å². The molecule has 4 aromatic rings. The third-order valence-electron chi connectivity index (χ3n) is 5.45.